The van der Waals surface area contributed by atoms with Crippen LogP contribution in [0.15, 0.2) is 0 Å². The molecule has 1 aliphatic rings. The normalized spacial score (nSPS) is 21.8. The third-order valence-corrected chi connectivity index (χ3v) is 4.18. The average molecular weight is 270 g/mol. The lowest BCUT2D eigenvalue weighted by Crippen LogP contribution is -2.12. The third-order valence-electron chi connectivity index (χ3n) is 4.18. The summed E-state index contributed by atoms with van der Waals surface area (Å²) in [5.41, 5.74) is 0. The molecule has 0 saturated heterocycles. The standard InChI is InChI=1S/C15H28O2.C2H6/c1-2-3-4-5-6-7-9-13-10-8-11-14(13)12-15(16)17;1-2/h13-14H,2-12H2,1H3,(H,16,17);1-2H3/t13-,14+;/m0./s1. The predicted molar refractivity (Wildman–Crippen MR) is 82.4 cm³/mol. The van der Waals surface area contributed by atoms with Crippen LogP contribution < -0.4 is 0 Å². The van der Waals surface area contributed by atoms with E-state index in [1.165, 1.54) is 57.8 Å². The summed E-state index contributed by atoms with van der Waals surface area (Å²) in [6.07, 6.45) is 13.4. The molecule has 2 atom stereocenters. The fraction of sp³-hybridized carbons (Fsp3) is 0.941. The molecule has 19 heavy (non-hydrogen) atoms. The van der Waals surface area contributed by atoms with E-state index in [0.717, 1.165) is 6.42 Å². The number of hydrogen-bond donors (Lipinski definition) is 1. The first-order valence-corrected chi connectivity index (χ1v) is 8.45. The van der Waals surface area contributed by atoms with E-state index in [1.54, 1.807) is 0 Å². The molecule has 2 nitrogen and oxygen atoms in total. The highest BCUT2D eigenvalue weighted by Crippen LogP contribution is 2.37. The van der Waals surface area contributed by atoms with Crippen LogP contribution >= 0.6 is 0 Å². The number of carboxylic acid groups (broad SMARTS) is 1. The molecule has 0 aliphatic heterocycles. The van der Waals surface area contributed by atoms with Crippen molar-refractivity contribution in [3.05, 3.63) is 0 Å². The van der Waals surface area contributed by atoms with Crippen molar-refractivity contribution >= 4 is 5.97 Å². The van der Waals surface area contributed by atoms with Gasteiger partial charge in [-0.3, -0.25) is 4.79 Å². The Hall–Kier alpha value is -0.530. The van der Waals surface area contributed by atoms with E-state index in [-0.39, 0.29) is 0 Å². The number of hydrogen-bond acceptors (Lipinski definition) is 1. The quantitative estimate of drug-likeness (QED) is 0.549. The SMILES string of the molecule is CC.CCCCCCCC[C@H]1CCC[C@@H]1CC(=O)O. The van der Waals surface area contributed by atoms with Crippen LogP contribution in [0.2, 0.25) is 0 Å². The Morgan fingerprint density at radius 3 is 2.21 bits per heavy atom. The van der Waals surface area contributed by atoms with Gasteiger partial charge in [0, 0.05) is 6.42 Å². The molecule has 0 radical (unpaired) electrons. The second-order valence-electron chi connectivity index (χ2n) is 5.61. The van der Waals surface area contributed by atoms with Gasteiger partial charge in [0.1, 0.15) is 0 Å². The van der Waals surface area contributed by atoms with Crippen LogP contribution in [0.4, 0.5) is 0 Å². The molecule has 1 N–H and O–H groups in total. The summed E-state index contributed by atoms with van der Waals surface area (Å²) in [6, 6.07) is 0. The van der Waals surface area contributed by atoms with Gasteiger partial charge >= 0.3 is 5.97 Å². The first-order valence-electron chi connectivity index (χ1n) is 8.45. The number of carboxylic acids is 1. The molecular weight excluding hydrogens is 236 g/mol. The Balaban J connectivity index is 0.00000154. The van der Waals surface area contributed by atoms with Gasteiger partial charge in [0.15, 0.2) is 0 Å². The van der Waals surface area contributed by atoms with E-state index in [1.807, 2.05) is 13.8 Å². The summed E-state index contributed by atoms with van der Waals surface area (Å²) in [5, 5.41) is 8.86. The summed E-state index contributed by atoms with van der Waals surface area (Å²) in [6.45, 7) is 6.25. The molecule has 0 spiro atoms. The molecule has 1 rings (SSSR count). The van der Waals surface area contributed by atoms with Crippen molar-refractivity contribution in [2.75, 3.05) is 0 Å². The molecule has 2 heteroatoms. The van der Waals surface area contributed by atoms with Gasteiger partial charge in [-0.15, -0.1) is 0 Å². The number of unbranched alkanes of at least 4 members (excludes halogenated alkanes) is 5. The van der Waals surface area contributed by atoms with Gasteiger partial charge < -0.3 is 5.11 Å². The number of aliphatic carboxylic acids is 1. The molecule has 0 unspecified atom stereocenters. The van der Waals surface area contributed by atoms with Crippen LogP contribution in [0.5, 0.6) is 0 Å². The minimum absolute atomic E-state index is 0.403. The monoisotopic (exact) mass is 270 g/mol. The fourth-order valence-electron chi connectivity index (χ4n) is 3.17. The van der Waals surface area contributed by atoms with Crippen molar-refractivity contribution < 1.29 is 9.90 Å². The number of rotatable bonds is 9. The zero-order valence-electron chi connectivity index (χ0n) is 13.3. The van der Waals surface area contributed by atoms with Crippen LogP contribution in [0, 0.1) is 11.8 Å². The summed E-state index contributed by atoms with van der Waals surface area (Å²) in [7, 11) is 0. The van der Waals surface area contributed by atoms with E-state index in [2.05, 4.69) is 6.92 Å². The molecule has 0 bridgehead atoms. The molecular formula is C17H34O2. The van der Waals surface area contributed by atoms with Crippen LogP contribution in [-0.2, 0) is 4.79 Å². The number of carbonyl (C=O) groups is 1. The highest BCUT2D eigenvalue weighted by atomic mass is 16.4. The van der Waals surface area contributed by atoms with Crippen molar-refractivity contribution in [3.8, 4) is 0 Å². The van der Waals surface area contributed by atoms with Gasteiger partial charge in [0.2, 0.25) is 0 Å². The van der Waals surface area contributed by atoms with E-state index in [9.17, 15) is 4.79 Å². The minimum atomic E-state index is -0.607. The lowest BCUT2D eigenvalue weighted by Gasteiger charge is -2.17. The molecule has 1 saturated carbocycles. The van der Waals surface area contributed by atoms with Gasteiger partial charge in [-0.25, -0.2) is 0 Å². The zero-order valence-corrected chi connectivity index (χ0v) is 13.3. The van der Waals surface area contributed by atoms with Crippen LogP contribution in [0.3, 0.4) is 0 Å². The van der Waals surface area contributed by atoms with E-state index < -0.39 is 5.97 Å². The lowest BCUT2D eigenvalue weighted by molar-refractivity contribution is -0.138. The van der Waals surface area contributed by atoms with Crippen molar-refractivity contribution in [2.45, 2.75) is 91.4 Å². The molecule has 0 aromatic heterocycles. The van der Waals surface area contributed by atoms with Crippen molar-refractivity contribution in [3.63, 3.8) is 0 Å². The fourth-order valence-corrected chi connectivity index (χ4v) is 3.17. The first-order chi connectivity index (χ1) is 9.24. The maximum absolute atomic E-state index is 10.7. The first kappa shape index (κ1) is 18.5. The predicted octanol–water partition coefficient (Wildman–Crippen LogP) is 5.65. The van der Waals surface area contributed by atoms with Gasteiger partial charge in [0.05, 0.1) is 0 Å². The Morgan fingerprint density at radius 1 is 1.00 bits per heavy atom. The molecule has 0 aromatic rings. The smallest absolute Gasteiger partial charge is 0.303 e. The Morgan fingerprint density at radius 2 is 1.58 bits per heavy atom. The molecule has 114 valence electrons. The topological polar surface area (TPSA) is 37.3 Å². The summed E-state index contributed by atoms with van der Waals surface area (Å²) >= 11 is 0. The maximum atomic E-state index is 10.7. The Labute approximate surface area is 120 Å². The van der Waals surface area contributed by atoms with Gasteiger partial charge in [-0.05, 0) is 18.3 Å². The zero-order chi connectivity index (χ0) is 14.5. The van der Waals surface area contributed by atoms with E-state index in [0.29, 0.717) is 18.3 Å². The summed E-state index contributed by atoms with van der Waals surface area (Å²) in [5.74, 6) is 0.574. The molecule has 0 amide bonds. The van der Waals surface area contributed by atoms with Crippen molar-refractivity contribution in [2.24, 2.45) is 11.8 Å². The van der Waals surface area contributed by atoms with Crippen LogP contribution in [0.1, 0.15) is 91.4 Å². The second kappa shape index (κ2) is 12.5. The van der Waals surface area contributed by atoms with Crippen LogP contribution in [0.25, 0.3) is 0 Å². The largest absolute Gasteiger partial charge is 0.481 e. The second-order valence-corrected chi connectivity index (χ2v) is 5.61. The lowest BCUT2D eigenvalue weighted by atomic mass is 9.88. The van der Waals surface area contributed by atoms with Crippen molar-refractivity contribution in [1.29, 1.82) is 0 Å². The van der Waals surface area contributed by atoms with Crippen molar-refractivity contribution in [1.82, 2.24) is 0 Å². The minimum Gasteiger partial charge on any atom is -0.481 e. The summed E-state index contributed by atoms with van der Waals surface area (Å²) < 4.78 is 0. The van der Waals surface area contributed by atoms with Crippen LogP contribution in [-0.4, -0.2) is 11.1 Å². The molecule has 1 aliphatic carbocycles. The van der Waals surface area contributed by atoms with E-state index >= 15 is 0 Å². The molecule has 0 aromatic carbocycles. The summed E-state index contributed by atoms with van der Waals surface area (Å²) in [4.78, 5) is 10.7. The highest BCUT2D eigenvalue weighted by Gasteiger charge is 2.28. The van der Waals surface area contributed by atoms with Gasteiger partial charge in [-0.1, -0.05) is 78.6 Å². The molecule has 0 heterocycles. The third kappa shape index (κ3) is 9.07. The average Bonchev–Trinajstić information content (AvgIpc) is 2.83. The Bertz CT molecular complexity index is 213. The van der Waals surface area contributed by atoms with E-state index in [4.69, 9.17) is 5.11 Å². The maximum Gasteiger partial charge on any atom is 0.303 e. The van der Waals surface area contributed by atoms with Gasteiger partial charge in [0.25, 0.3) is 0 Å². The molecule has 1 fully saturated rings. The Kier molecular flexibility index (Phi) is 12.2. The highest BCUT2D eigenvalue weighted by molar-refractivity contribution is 5.67. The van der Waals surface area contributed by atoms with Gasteiger partial charge in [-0.2, -0.15) is 0 Å².